The number of hydrogen-bond acceptors (Lipinski definition) is 4. The van der Waals surface area contributed by atoms with Crippen molar-refractivity contribution in [3.63, 3.8) is 0 Å². The maximum absolute atomic E-state index is 10.2. The van der Waals surface area contributed by atoms with E-state index in [9.17, 15) is 5.11 Å². The van der Waals surface area contributed by atoms with E-state index in [1.807, 2.05) is 11.3 Å². The molecule has 3 rings (SSSR count). The van der Waals surface area contributed by atoms with Gasteiger partial charge in [0.25, 0.3) is 0 Å². The number of rotatable bonds is 3. The molecule has 1 aliphatic rings. The van der Waals surface area contributed by atoms with Crippen molar-refractivity contribution in [2.24, 2.45) is 0 Å². The van der Waals surface area contributed by atoms with Crippen molar-refractivity contribution < 1.29 is 5.11 Å². The summed E-state index contributed by atoms with van der Waals surface area (Å²) < 4.78 is 2.04. The highest BCUT2D eigenvalue weighted by Crippen LogP contribution is 2.23. The number of imidazole rings is 1. The second-order valence-corrected chi connectivity index (χ2v) is 6.28. The van der Waals surface area contributed by atoms with Gasteiger partial charge in [0.15, 0.2) is 0 Å². The van der Waals surface area contributed by atoms with Gasteiger partial charge in [-0.3, -0.25) is 9.30 Å². The molecule has 2 atom stereocenters. The number of aromatic nitrogens is 3. The molecule has 2 aromatic rings. The summed E-state index contributed by atoms with van der Waals surface area (Å²) >= 11 is 0. The number of hydrogen-bond donors (Lipinski definition) is 1. The molecule has 0 amide bonds. The number of aliphatic hydroxyl groups excluding tert-OH is 1. The van der Waals surface area contributed by atoms with Gasteiger partial charge < -0.3 is 5.11 Å². The van der Waals surface area contributed by atoms with E-state index in [0.29, 0.717) is 0 Å². The van der Waals surface area contributed by atoms with E-state index >= 15 is 0 Å². The molecular formula is C16H24N4O. The first-order valence-electron chi connectivity index (χ1n) is 7.75. The van der Waals surface area contributed by atoms with Crippen LogP contribution < -0.4 is 0 Å². The minimum absolute atomic E-state index is 0.206. The van der Waals surface area contributed by atoms with E-state index in [1.165, 1.54) is 6.42 Å². The Bertz CT molecular complexity index is 636. The lowest BCUT2D eigenvalue weighted by Crippen LogP contribution is -2.42. The molecule has 1 fully saturated rings. The Morgan fingerprint density at radius 2 is 2.05 bits per heavy atom. The lowest BCUT2D eigenvalue weighted by Gasteiger charge is -2.34. The normalized spacial score (nSPS) is 23.1. The SMILES string of the molecule is Cc1cc(C)n2cc(CN(C)C3CCCCC3O)nc2n1. The van der Waals surface area contributed by atoms with E-state index < -0.39 is 0 Å². The smallest absolute Gasteiger partial charge is 0.234 e. The molecule has 114 valence electrons. The molecule has 5 heteroatoms. The summed E-state index contributed by atoms with van der Waals surface area (Å²) in [5.74, 6) is 0.764. The fourth-order valence-electron chi connectivity index (χ4n) is 3.37. The minimum atomic E-state index is -0.206. The van der Waals surface area contributed by atoms with Crippen molar-refractivity contribution in [3.8, 4) is 0 Å². The summed E-state index contributed by atoms with van der Waals surface area (Å²) in [6.45, 7) is 4.82. The summed E-state index contributed by atoms with van der Waals surface area (Å²) in [6, 6.07) is 2.31. The monoisotopic (exact) mass is 288 g/mol. The van der Waals surface area contributed by atoms with Crippen molar-refractivity contribution in [1.82, 2.24) is 19.3 Å². The summed E-state index contributed by atoms with van der Waals surface area (Å²) in [5.41, 5.74) is 3.15. The highest BCUT2D eigenvalue weighted by Gasteiger charge is 2.26. The largest absolute Gasteiger partial charge is 0.391 e. The van der Waals surface area contributed by atoms with Crippen LogP contribution in [0.15, 0.2) is 12.3 Å². The van der Waals surface area contributed by atoms with Crippen LogP contribution in [-0.2, 0) is 6.54 Å². The van der Waals surface area contributed by atoms with E-state index in [1.54, 1.807) is 0 Å². The average Bonchev–Trinajstić information content (AvgIpc) is 2.81. The molecular weight excluding hydrogens is 264 g/mol. The second kappa shape index (κ2) is 5.73. The van der Waals surface area contributed by atoms with E-state index in [4.69, 9.17) is 0 Å². The van der Waals surface area contributed by atoms with Crippen LogP contribution in [-0.4, -0.2) is 43.6 Å². The van der Waals surface area contributed by atoms with Crippen LogP contribution in [0.2, 0.25) is 0 Å². The Hall–Kier alpha value is -1.46. The number of nitrogens with zero attached hydrogens (tertiary/aromatic N) is 4. The molecule has 0 bridgehead atoms. The second-order valence-electron chi connectivity index (χ2n) is 6.28. The third-order valence-electron chi connectivity index (χ3n) is 4.48. The Morgan fingerprint density at radius 3 is 2.81 bits per heavy atom. The standard InChI is InChI=1S/C16H24N4O/c1-11-8-12(2)20-10-13(18-16(20)17-11)9-19(3)14-6-4-5-7-15(14)21/h8,10,14-15,21H,4-7,9H2,1-3H3. The molecule has 0 saturated heterocycles. The first-order chi connectivity index (χ1) is 10.0. The molecule has 0 radical (unpaired) electrons. The zero-order chi connectivity index (χ0) is 15.0. The van der Waals surface area contributed by atoms with Gasteiger partial charge in [-0.15, -0.1) is 0 Å². The van der Waals surface area contributed by atoms with Crippen LogP contribution in [0.25, 0.3) is 5.78 Å². The molecule has 0 aliphatic heterocycles. The van der Waals surface area contributed by atoms with E-state index in [2.05, 4.69) is 41.1 Å². The fraction of sp³-hybridized carbons (Fsp3) is 0.625. The molecule has 1 aliphatic carbocycles. The van der Waals surface area contributed by atoms with Crippen molar-refractivity contribution in [2.75, 3.05) is 7.05 Å². The van der Waals surface area contributed by atoms with Gasteiger partial charge in [-0.2, -0.15) is 0 Å². The number of aryl methyl sites for hydroxylation is 2. The maximum Gasteiger partial charge on any atom is 0.234 e. The van der Waals surface area contributed by atoms with Crippen LogP contribution in [0.5, 0.6) is 0 Å². The highest BCUT2D eigenvalue weighted by molar-refractivity contribution is 5.34. The lowest BCUT2D eigenvalue weighted by molar-refractivity contribution is 0.0284. The van der Waals surface area contributed by atoms with Gasteiger partial charge in [0.2, 0.25) is 5.78 Å². The molecule has 5 nitrogen and oxygen atoms in total. The first-order valence-corrected chi connectivity index (χ1v) is 7.75. The number of fused-ring (bicyclic) bond motifs is 1. The fourth-order valence-corrected chi connectivity index (χ4v) is 3.37. The molecule has 2 aromatic heterocycles. The molecule has 0 aromatic carbocycles. The predicted molar refractivity (Wildman–Crippen MR) is 82.2 cm³/mol. The lowest BCUT2D eigenvalue weighted by atomic mass is 9.91. The van der Waals surface area contributed by atoms with Gasteiger partial charge in [0.05, 0.1) is 11.8 Å². The number of aliphatic hydroxyl groups is 1. The zero-order valence-corrected chi connectivity index (χ0v) is 13.1. The quantitative estimate of drug-likeness (QED) is 0.939. The van der Waals surface area contributed by atoms with Crippen LogP contribution >= 0.6 is 0 Å². The van der Waals surface area contributed by atoms with Crippen molar-refractivity contribution in [2.45, 2.75) is 58.2 Å². The van der Waals surface area contributed by atoms with Gasteiger partial charge >= 0.3 is 0 Å². The molecule has 0 spiro atoms. The third-order valence-corrected chi connectivity index (χ3v) is 4.48. The van der Waals surface area contributed by atoms with Crippen LogP contribution in [0.3, 0.4) is 0 Å². The van der Waals surface area contributed by atoms with Crippen molar-refractivity contribution >= 4 is 5.78 Å². The molecule has 1 N–H and O–H groups in total. The average molecular weight is 288 g/mol. The summed E-state index contributed by atoms with van der Waals surface area (Å²) in [5, 5.41) is 10.2. The Labute approximate surface area is 125 Å². The van der Waals surface area contributed by atoms with Gasteiger partial charge in [-0.25, -0.2) is 9.97 Å². The van der Waals surface area contributed by atoms with Crippen molar-refractivity contribution in [1.29, 1.82) is 0 Å². The molecule has 1 saturated carbocycles. The zero-order valence-electron chi connectivity index (χ0n) is 13.1. The maximum atomic E-state index is 10.2. The number of likely N-dealkylation sites (N-methyl/N-ethyl adjacent to an activating group) is 1. The highest BCUT2D eigenvalue weighted by atomic mass is 16.3. The van der Waals surface area contributed by atoms with E-state index in [-0.39, 0.29) is 12.1 Å². The first kappa shape index (κ1) is 14.5. The molecule has 2 unspecified atom stereocenters. The Balaban J connectivity index is 1.79. The summed E-state index contributed by atoms with van der Waals surface area (Å²) in [4.78, 5) is 11.3. The minimum Gasteiger partial charge on any atom is -0.391 e. The van der Waals surface area contributed by atoms with Crippen molar-refractivity contribution in [3.05, 3.63) is 29.3 Å². The molecule has 2 heterocycles. The van der Waals surface area contributed by atoms with Gasteiger partial charge in [-0.1, -0.05) is 12.8 Å². The van der Waals surface area contributed by atoms with Crippen LogP contribution in [0.1, 0.15) is 42.8 Å². The van der Waals surface area contributed by atoms with Crippen LogP contribution in [0, 0.1) is 13.8 Å². The summed E-state index contributed by atoms with van der Waals surface area (Å²) in [6.07, 6.45) is 6.19. The molecule has 21 heavy (non-hydrogen) atoms. The predicted octanol–water partition coefficient (Wildman–Crippen LogP) is 2.08. The van der Waals surface area contributed by atoms with Gasteiger partial charge in [-0.05, 0) is 39.8 Å². The van der Waals surface area contributed by atoms with Crippen LogP contribution in [0.4, 0.5) is 0 Å². The van der Waals surface area contributed by atoms with E-state index in [0.717, 1.165) is 48.7 Å². The van der Waals surface area contributed by atoms with Gasteiger partial charge in [0.1, 0.15) is 0 Å². The summed E-state index contributed by atoms with van der Waals surface area (Å²) in [7, 11) is 2.08. The third kappa shape index (κ3) is 2.94. The Kier molecular flexibility index (Phi) is 3.95. The Morgan fingerprint density at radius 1 is 1.29 bits per heavy atom. The topological polar surface area (TPSA) is 53.7 Å². The van der Waals surface area contributed by atoms with Gasteiger partial charge in [0, 0.05) is 30.2 Å².